The standard InChI is InChI=1S/C9H18O2.C8H12O4/c1-4-11-9(10)7-5-6-8(2)3;9-7(10)5-3-1-2-4-6(5)8(11)12/h8H,4-7H2,1-3H3;5-6H,1-4H2,(H,9,10)(H,11,12). The van der Waals surface area contributed by atoms with Crippen molar-refractivity contribution in [1.82, 2.24) is 0 Å². The number of carbonyl (C=O) groups is 3. The Morgan fingerprint density at radius 1 is 1.04 bits per heavy atom. The van der Waals surface area contributed by atoms with E-state index in [1.807, 2.05) is 6.92 Å². The minimum Gasteiger partial charge on any atom is -0.481 e. The van der Waals surface area contributed by atoms with Gasteiger partial charge in [0.2, 0.25) is 0 Å². The zero-order valence-corrected chi connectivity index (χ0v) is 14.4. The monoisotopic (exact) mass is 330 g/mol. The normalized spacial score (nSPS) is 20.3. The number of hydrogen-bond donors (Lipinski definition) is 2. The molecule has 0 aliphatic heterocycles. The Morgan fingerprint density at radius 2 is 1.52 bits per heavy atom. The van der Waals surface area contributed by atoms with Crippen molar-refractivity contribution in [2.45, 2.75) is 65.7 Å². The third kappa shape index (κ3) is 9.92. The highest BCUT2D eigenvalue weighted by atomic mass is 16.5. The Morgan fingerprint density at radius 3 is 1.87 bits per heavy atom. The van der Waals surface area contributed by atoms with Gasteiger partial charge in [0.1, 0.15) is 0 Å². The van der Waals surface area contributed by atoms with Crippen LogP contribution in [0, 0.1) is 17.8 Å². The Kier molecular flexibility index (Phi) is 11.1. The van der Waals surface area contributed by atoms with Crippen molar-refractivity contribution in [3.8, 4) is 0 Å². The Hall–Kier alpha value is -1.59. The summed E-state index contributed by atoms with van der Waals surface area (Å²) in [5, 5.41) is 17.4. The molecule has 1 saturated carbocycles. The summed E-state index contributed by atoms with van der Waals surface area (Å²) in [7, 11) is 0. The molecule has 0 saturated heterocycles. The maximum absolute atomic E-state index is 10.8. The second-order valence-corrected chi connectivity index (χ2v) is 6.27. The average Bonchev–Trinajstić information content (AvgIpc) is 2.47. The van der Waals surface area contributed by atoms with Crippen LogP contribution in [0.4, 0.5) is 0 Å². The summed E-state index contributed by atoms with van der Waals surface area (Å²) in [5.41, 5.74) is 0. The zero-order chi connectivity index (χ0) is 17.8. The first-order chi connectivity index (χ1) is 10.8. The highest BCUT2D eigenvalue weighted by Crippen LogP contribution is 2.30. The Bertz CT molecular complexity index is 355. The number of carboxylic acids is 2. The molecule has 0 spiro atoms. The minimum atomic E-state index is -0.970. The Labute approximate surface area is 138 Å². The number of carbonyl (C=O) groups excluding carboxylic acids is 1. The second-order valence-electron chi connectivity index (χ2n) is 6.27. The molecular weight excluding hydrogens is 300 g/mol. The smallest absolute Gasteiger partial charge is 0.307 e. The summed E-state index contributed by atoms with van der Waals surface area (Å²) in [4.78, 5) is 32.0. The van der Waals surface area contributed by atoms with Gasteiger partial charge in [0.05, 0.1) is 18.4 Å². The van der Waals surface area contributed by atoms with Crippen LogP contribution in [0.1, 0.15) is 65.7 Å². The van der Waals surface area contributed by atoms with Crippen molar-refractivity contribution in [2.24, 2.45) is 17.8 Å². The maximum Gasteiger partial charge on any atom is 0.307 e. The van der Waals surface area contributed by atoms with Gasteiger partial charge in [-0.15, -0.1) is 0 Å². The van der Waals surface area contributed by atoms with E-state index in [9.17, 15) is 14.4 Å². The number of hydrogen-bond acceptors (Lipinski definition) is 4. The molecule has 0 aromatic carbocycles. The van der Waals surface area contributed by atoms with Crippen LogP contribution in [0.15, 0.2) is 0 Å². The molecule has 0 radical (unpaired) electrons. The average molecular weight is 330 g/mol. The van der Waals surface area contributed by atoms with Gasteiger partial charge in [0.25, 0.3) is 0 Å². The van der Waals surface area contributed by atoms with E-state index in [1.165, 1.54) is 0 Å². The summed E-state index contributed by atoms with van der Waals surface area (Å²) < 4.78 is 4.78. The quantitative estimate of drug-likeness (QED) is 0.694. The van der Waals surface area contributed by atoms with Crippen molar-refractivity contribution in [1.29, 1.82) is 0 Å². The summed E-state index contributed by atoms with van der Waals surface area (Å²) >= 11 is 0. The molecule has 1 aliphatic carbocycles. The van der Waals surface area contributed by atoms with E-state index < -0.39 is 23.8 Å². The van der Waals surface area contributed by atoms with Crippen molar-refractivity contribution in [2.75, 3.05) is 6.61 Å². The molecule has 1 aliphatic rings. The molecule has 134 valence electrons. The van der Waals surface area contributed by atoms with Gasteiger partial charge in [-0.05, 0) is 32.1 Å². The molecule has 0 amide bonds. The fraction of sp³-hybridized carbons (Fsp3) is 0.824. The van der Waals surface area contributed by atoms with E-state index in [-0.39, 0.29) is 5.97 Å². The van der Waals surface area contributed by atoms with Crippen LogP contribution in [0.5, 0.6) is 0 Å². The lowest BCUT2D eigenvalue weighted by molar-refractivity contribution is -0.155. The lowest BCUT2D eigenvalue weighted by Gasteiger charge is -2.24. The zero-order valence-electron chi connectivity index (χ0n) is 14.4. The van der Waals surface area contributed by atoms with Gasteiger partial charge in [-0.25, -0.2) is 0 Å². The fourth-order valence-corrected chi connectivity index (χ4v) is 2.61. The molecule has 2 unspecified atom stereocenters. The van der Waals surface area contributed by atoms with E-state index in [0.717, 1.165) is 25.7 Å². The summed E-state index contributed by atoms with van der Waals surface area (Å²) in [6.45, 7) is 6.65. The first-order valence-electron chi connectivity index (χ1n) is 8.40. The van der Waals surface area contributed by atoms with Gasteiger partial charge in [0.15, 0.2) is 0 Å². The molecular formula is C17H30O6. The molecule has 1 fully saturated rings. The molecule has 2 N–H and O–H groups in total. The second kappa shape index (κ2) is 11.9. The molecule has 2 atom stereocenters. The third-order valence-electron chi connectivity index (χ3n) is 3.87. The maximum atomic E-state index is 10.8. The third-order valence-corrected chi connectivity index (χ3v) is 3.87. The van der Waals surface area contributed by atoms with Crippen LogP contribution >= 0.6 is 0 Å². The van der Waals surface area contributed by atoms with Crippen LogP contribution in [0.2, 0.25) is 0 Å². The number of esters is 1. The number of aliphatic carboxylic acids is 2. The van der Waals surface area contributed by atoms with Crippen molar-refractivity contribution in [3.63, 3.8) is 0 Å². The highest BCUT2D eigenvalue weighted by Gasteiger charge is 2.35. The van der Waals surface area contributed by atoms with E-state index in [2.05, 4.69) is 13.8 Å². The number of carboxylic acid groups (broad SMARTS) is 2. The van der Waals surface area contributed by atoms with Gasteiger partial charge in [-0.1, -0.05) is 33.1 Å². The lowest BCUT2D eigenvalue weighted by atomic mass is 9.79. The first kappa shape index (κ1) is 21.4. The molecule has 6 nitrogen and oxygen atoms in total. The molecule has 0 aromatic heterocycles. The lowest BCUT2D eigenvalue weighted by Crippen LogP contribution is -2.32. The number of ether oxygens (including phenoxy) is 1. The fourth-order valence-electron chi connectivity index (χ4n) is 2.61. The van der Waals surface area contributed by atoms with Gasteiger partial charge >= 0.3 is 17.9 Å². The van der Waals surface area contributed by atoms with Crippen LogP contribution in [-0.4, -0.2) is 34.7 Å². The van der Waals surface area contributed by atoms with E-state index >= 15 is 0 Å². The highest BCUT2D eigenvalue weighted by molar-refractivity contribution is 5.80. The van der Waals surface area contributed by atoms with Gasteiger partial charge in [0, 0.05) is 6.42 Å². The molecule has 1 rings (SSSR count). The summed E-state index contributed by atoms with van der Waals surface area (Å²) in [5.74, 6) is -2.66. The minimum absolute atomic E-state index is 0.0619. The van der Waals surface area contributed by atoms with Crippen LogP contribution < -0.4 is 0 Å². The predicted molar refractivity (Wildman–Crippen MR) is 86.0 cm³/mol. The van der Waals surface area contributed by atoms with Crippen LogP contribution in [-0.2, 0) is 19.1 Å². The summed E-state index contributed by atoms with van der Waals surface area (Å²) in [6, 6.07) is 0. The van der Waals surface area contributed by atoms with Crippen LogP contribution in [0.25, 0.3) is 0 Å². The molecule has 0 heterocycles. The largest absolute Gasteiger partial charge is 0.481 e. The Balaban J connectivity index is 0.000000423. The van der Waals surface area contributed by atoms with Gasteiger partial charge in [-0.3, -0.25) is 14.4 Å². The van der Waals surface area contributed by atoms with Crippen molar-refractivity contribution in [3.05, 3.63) is 0 Å². The predicted octanol–water partition coefficient (Wildman–Crippen LogP) is 3.34. The van der Waals surface area contributed by atoms with Crippen molar-refractivity contribution < 1.29 is 29.3 Å². The van der Waals surface area contributed by atoms with Crippen LogP contribution in [0.3, 0.4) is 0 Å². The van der Waals surface area contributed by atoms with Gasteiger partial charge < -0.3 is 14.9 Å². The first-order valence-corrected chi connectivity index (χ1v) is 8.40. The van der Waals surface area contributed by atoms with Crippen molar-refractivity contribution >= 4 is 17.9 Å². The molecule has 23 heavy (non-hydrogen) atoms. The van der Waals surface area contributed by atoms with Gasteiger partial charge in [-0.2, -0.15) is 0 Å². The topological polar surface area (TPSA) is 101 Å². The van der Waals surface area contributed by atoms with E-state index in [1.54, 1.807) is 0 Å². The molecule has 0 bridgehead atoms. The molecule has 6 heteroatoms. The van der Waals surface area contributed by atoms with E-state index in [4.69, 9.17) is 14.9 Å². The summed E-state index contributed by atoms with van der Waals surface area (Å²) in [6.07, 6.45) is 5.32. The van der Waals surface area contributed by atoms with E-state index in [0.29, 0.717) is 31.8 Å². The number of rotatable bonds is 7. The molecule has 0 aromatic rings. The SMILES string of the molecule is CCOC(=O)CCCC(C)C.O=C(O)C1CCCCC1C(=O)O.